The van der Waals surface area contributed by atoms with E-state index in [1.54, 1.807) is 0 Å². The minimum atomic E-state index is -0.707. The van der Waals surface area contributed by atoms with Crippen LogP contribution in [0.4, 0.5) is 20.3 Å². The normalized spacial score (nSPS) is 17.1. The van der Waals surface area contributed by atoms with E-state index in [-0.39, 0.29) is 17.0 Å². The van der Waals surface area contributed by atoms with Crippen LogP contribution in [0, 0.1) is 24.0 Å². The number of carbonyl (C=O) groups is 1. The van der Waals surface area contributed by atoms with Crippen LogP contribution in [0.15, 0.2) is 42.6 Å². The fourth-order valence-corrected chi connectivity index (χ4v) is 4.12. The minimum Gasteiger partial charge on any atom is -0.380 e. The van der Waals surface area contributed by atoms with Crippen molar-refractivity contribution < 1.29 is 18.3 Å². The molecule has 0 saturated carbocycles. The molecule has 0 aliphatic carbocycles. The van der Waals surface area contributed by atoms with E-state index in [4.69, 9.17) is 4.74 Å². The van der Waals surface area contributed by atoms with Gasteiger partial charge in [0.1, 0.15) is 17.5 Å². The van der Waals surface area contributed by atoms with Crippen LogP contribution in [0.2, 0.25) is 0 Å². The molecule has 0 atom stereocenters. The zero-order chi connectivity index (χ0) is 20.2. The monoisotopic (exact) mass is 395 g/mol. The Bertz CT molecular complexity index is 1140. The molecule has 1 N–H and O–H groups in total. The van der Waals surface area contributed by atoms with Gasteiger partial charge < -0.3 is 15.0 Å². The number of hydrogen-bond donors (Lipinski definition) is 1. The van der Waals surface area contributed by atoms with Gasteiger partial charge >= 0.3 is 0 Å². The van der Waals surface area contributed by atoms with Crippen molar-refractivity contribution in [3.05, 3.63) is 65.4 Å². The van der Waals surface area contributed by atoms with Gasteiger partial charge in [-0.3, -0.25) is 4.79 Å². The number of hydrogen-bond acceptors (Lipinski definition) is 4. The zero-order valence-corrected chi connectivity index (χ0v) is 15.8. The number of aryl methyl sites for hydroxylation is 1. The first-order valence-corrected chi connectivity index (χ1v) is 9.43. The summed E-state index contributed by atoms with van der Waals surface area (Å²) in [5, 5.41) is 4.42. The van der Waals surface area contributed by atoms with E-state index >= 15 is 0 Å². The van der Waals surface area contributed by atoms with E-state index in [1.165, 1.54) is 18.3 Å². The SMILES string of the molecule is Cc1cccc2c(Nc3ccc(F)cc3F)ncc(C(=O)N3CC4(COC4)C3)c12. The number of nitrogens with zero attached hydrogens (tertiary/aromatic N) is 2. The summed E-state index contributed by atoms with van der Waals surface area (Å²) in [4.78, 5) is 19.3. The standard InChI is InChI=1S/C22H19F2N3O2/c1-13-3-2-4-15-19(13)16(21(28)27-9-22(10-27)11-29-12-22)8-25-20(15)26-18-6-5-14(23)7-17(18)24/h2-8H,9-12H2,1H3,(H,25,26). The number of rotatable bonds is 3. The number of carbonyl (C=O) groups excluding carboxylic acids is 1. The Morgan fingerprint density at radius 3 is 2.69 bits per heavy atom. The highest BCUT2D eigenvalue weighted by molar-refractivity contribution is 6.11. The molecule has 3 aromatic rings. The van der Waals surface area contributed by atoms with E-state index < -0.39 is 11.6 Å². The third-order valence-corrected chi connectivity index (χ3v) is 5.69. The van der Waals surface area contributed by atoms with Crippen LogP contribution in [0.25, 0.3) is 10.8 Å². The lowest BCUT2D eigenvalue weighted by Gasteiger charge is -2.54. The van der Waals surface area contributed by atoms with E-state index in [0.717, 1.165) is 17.0 Å². The first-order valence-electron chi connectivity index (χ1n) is 9.43. The summed E-state index contributed by atoms with van der Waals surface area (Å²) in [6, 6.07) is 8.96. The predicted molar refractivity (Wildman–Crippen MR) is 105 cm³/mol. The van der Waals surface area contributed by atoms with Crippen LogP contribution >= 0.6 is 0 Å². The molecule has 2 aliphatic heterocycles. The maximum atomic E-state index is 14.1. The van der Waals surface area contributed by atoms with Crippen LogP contribution in [0.3, 0.4) is 0 Å². The first kappa shape index (κ1) is 18.0. The lowest BCUT2D eigenvalue weighted by atomic mass is 9.77. The Balaban J connectivity index is 1.52. The Morgan fingerprint density at radius 2 is 2.00 bits per heavy atom. The maximum Gasteiger partial charge on any atom is 0.256 e. The number of nitrogens with one attached hydrogen (secondary N) is 1. The van der Waals surface area contributed by atoms with Crippen molar-refractivity contribution in [1.29, 1.82) is 0 Å². The third kappa shape index (κ3) is 2.93. The molecule has 2 saturated heterocycles. The highest BCUT2D eigenvalue weighted by Gasteiger charge is 2.50. The molecule has 148 valence electrons. The molecule has 2 fully saturated rings. The van der Waals surface area contributed by atoms with Gasteiger partial charge in [0.15, 0.2) is 0 Å². The summed E-state index contributed by atoms with van der Waals surface area (Å²) in [6.45, 7) is 4.74. The van der Waals surface area contributed by atoms with Crippen molar-refractivity contribution in [2.75, 3.05) is 31.6 Å². The van der Waals surface area contributed by atoms with Crippen LogP contribution in [0.5, 0.6) is 0 Å². The smallest absolute Gasteiger partial charge is 0.256 e. The summed E-state index contributed by atoms with van der Waals surface area (Å²) < 4.78 is 32.6. The zero-order valence-electron chi connectivity index (χ0n) is 15.8. The van der Waals surface area contributed by atoms with Gasteiger partial charge in [-0.2, -0.15) is 0 Å². The molecular weight excluding hydrogens is 376 g/mol. The van der Waals surface area contributed by atoms with Gasteiger partial charge in [-0.25, -0.2) is 13.8 Å². The second-order valence-corrected chi connectivity index (χ2v) is 7.92. The molecule has 1 aromatic heterocycles. The highest BCUT2D eigenvalue weighted by atomic mass is 19.1. The minimum absolute atomic E-state index is 0.0613. The maximum absolute atomic E-state index is 14.1. The molecule has 1 spiro atoms. The summed E-state index contributed by atoms with van der Waals surface area (Å²) in [6.07, 6.45) is 1.53. The van der Waals surface area contributed by atoms with Gasteiger partial charge in [-0.1, -0.05) is 18.2 Å². The number of benzene rings is 2. The van der Waals surface area contributed by atoms with Crippen molar-refractivity contribution in [1.82, 2.24) is 9.88 Å². The molecule has 1 amide bonds. The largest absolute Gasteiger partial charge is 0.380 e. The molecule has 2 aliphatic rings. The number of likely N-dealkylation sites (tertiary alicyclic amines) is 1. The van der Waals surface area contributed by atoms with Gasteiger partial charge in [0.25, 0.3) is 5.91 Å². The molecule has 7 heteroatoms. The van der Waals surface area contributed by atoms with Gasteiger partial charge in [0.05, 0.1) is 29.9 Å². The summed E-state index contributed by atoms with van der Waals surface area (Å²) >= 11 is 0. The molecule has 3 heterocycles. The molecule has 2 aromatic carbocycles. The van der Waals surface area contributed by atoms with Crippen molar-refractivity contribution in [2.24, 2.45) is 5.41 Å². The van der Waals surface area contributed by atoms with Crippen molar-refractivity contribution in [3.63, 3.8) is 0 Å². The van der Waals surface area contributed by atoms with E-state index in [1.807, 2.05) is 30.0 Å². The highest BCUT2D eigenvalue weighted by Crippen LogP contribution is 2.39. The number of amides is 1. The summed E-state index contributed by atoms with van der Waals surface area (Å²) in [5.74, 6) is -1.000. The number of halogens is 2. The molecule has 0 radical (unpaired) electrons. The molecule has 5 nitrogen and oxygen atoms in total. The fraction of sp³-hybridized carbons (Fsp3) is 0.273. The lowest BCUT2D eigenvalue weighted by molar-refractivity contribution is -0.176. The predicted octanol–water partition coefficient (Wildman–Crippen LogP) is 4.04. The van der Waals surface area contributed by atoms with Crippen LogP contribution in [-0.2, 0) is 4.74 Å². The summed E-state index contributed by atoms with van der Waals surface area (Å²) in [7, 11) is 0. The van der Waals surface area contributed by atoms with Crippen molar-refractivity contribution in [3.8, 4) is 0 Å². The second kappa shape index (κ2) is 6.49. The van der Waals surface area contributed by atoms with E-state index in [9.17, 15) is 13.6 Å². The van der Waals surface area contributed by atoms with E-state index in [2.05, 4.69) is 10.3 Å². The average molecular weight is 395 g/mol. The Kier molecular flexibility index (Phi) is 4.03. The lowest BCUT2D eigenvalue weighted by Crippen LogP contribution is -2.67. The number of pyridine rings is 1. The van der Waals surface area contributed by atoms with Crippen LogP contribution in [-0.4, -0.2) is 42.1 Å². The average Bonchev–Trinajstić information content (AvgIpc) is 2.62. The molecule has 0 unspecified atom stereocenters. The first-order chi connectivity index (χ1) is 14.0. The number of ether oxygens (including phenoxy) is 1. The number of aromatic nitrogens is 1. The van der Waals surface area contributed by atoms with Gasteiger partial charge in [0, 0.05) is 36.1 Å². The van der Waals surface area contributed by atoms with E-state index in [0.29, 0.717) is 43.1 Å². The Hall–Kier alpha value is -3.06. The second-order valence-electron chi connectivity index (χ2n) is 7.92. The third-order valence-electron chi connectivity index (χ3n) is 5.69. The summed E-state index contributed by atoms with van der Waals surface area (Å²) in [5.41, 5.74) is 1.71. The van der Waals surface area contributed by atoms with Crippen molar-refractivity contribution >= 4 is 28.2 Å². The Morgan fingerprint density at radius 1 is 1.21 bits per heavy atom. The topological polar surface area (TPSA) is 54.5 Å². The molecule has 0 bridgehead atoms. The Labute approximate surface area is 166 Å². The van der Waals surface area contributed by atoms with Crippen LogP contribution in [0.1, 0.15) is 15.9 Å². The van der Waals surface area contributed by atoms with Gasteiger partial charge in [-0.05, 0) is 24.6 Å². The molecule has 29 heavy (non-hydrogen) atoms. The quantitative estimate of drug-likeness (QED) is 0.727. The van der Waals surface area contributed by atoms with Gasteiger partial charge in [-0.15, -0.1) is 0 Å². The number of anilines is 2. The van der Waals surface area contributed by atoms with Crippen LogP contribution < -0.4 is 5.32 Å². The fourth-order valence-electron chi connectivity index (χ4n) is 4.12. The number of fused-ring (bicyclic) bond motifs is 1. The van der Waals surface area contributed by atoms with Crippen molar-refractivity contribution in [2.45, 2.75) is 6.92 Å². The molecule has 5 rings (SSSR count). The van der Waals surface area contributed by atoms with Gasteiger partial charge in [0.2, 0.25) is 0 Å². The molecular formula is C22H19F2N3O2.